The third-order valence-electron chi connectivity index (χ3n) is 2.67. The van der Waals surface area contributed by atoms with Crippen molar-refractivity contribution in [3.8, 4) is 0 Å². The Kier molecular flexibility index (Phi) is 5.38. The molecule has 0 aliphatic heterocycles. The van der Waals surface area contributed by atoms with Gasteiger partial charge < -0.3 is 10.5 Å². The third kappa shape index (κ3) is 3.62. The third-order valence-corrected chi connectivity index (χ3v) is 4.93. The number of rotatable bonds is 5. The van der Waals surface area contributed by atoms with Crippen molar-refractivity contribution in [3.63, 3.8) is 0 Å². The fourth-order valence-corrected chi connectivity index (χ4v) is 3.21. The first-order valence-electron chi connectivity index (χ1n) is 5.87. The predicted octanol–water partition coefficient (Wildman–Crippen LogP) is 1.41. The molecule has 6 nitrogen and oxygen atoms in total. The standard InChI is InChI=1S/C12H17ClN2O4S/c1-4-19-12(16)7-15(3)20(17,18)11-6-10(14)8(2)5-9(11)13/h5-6H,4,7,14H2,1-3H3. The van der Waals surface area contributed by atoms with Gasteiger partial charge in [0.25, 0.3) is 0 Å². The van der Waals surface area contributed by atoms with Gasteiger partial charge in [-0.25, -0.2) is 8.42 Å². The highest BCUT2D eigenvalue weighted by molar-refractivity contribution is 7.89. The summed E-state index contributed by atoms with van der Waals surface area (Å²) in [6, 6.07) is 2.76. The van der Waals surface area contributed by atoms with Crippen LogP contribution in [0.4, 0.5) is 5.69 Å². The second-order valence-electron chi connectivity index (χ2n) is 4.21. The molecule has 0 atom stereocenters. The first-order valence-corrected chi connectivity index (χ1v) is 7.69. The Bertz CT molecular complexity index is 616. The second-order valence-corrected chi connectivity index (χ2v) is 6.63. The van der Waals surface area contributed by atoms with Crippen LogP contribution in [-0.4, -0.2) is 38.9 Å². The summed E-state index contributed by atoms with van der Waals surface area (Å²) in [5.74, 6) is -0.630. The van der Waals surface area contributed by atoms with Crippen LogP contribution >= 0.6 is 11.6 Å². The largest absolute Gasteiger partial charge is 0.465 e. The van der Waals surface area contributed by atoms with Crippen molar-refractivity contribution in [2.45, 2.75) is 18.7 Å². The number of benzene rings is 1. The van der Waals surface area contributed by atoms with Crippen molar-refractivity contribution in [3.05, 3.63) is 22.7 Å². The van der Waals surface area contributed by atoms with E-state index in [1.807, 2.05) is 0 Å². The van der Waals surface area contributed by atoms with Gasteiger partial charge in [0.05, 0.1) is 11.6 Å². The summed E-state index contributed by atoms with van der Waals surface area (Å²) < 4.78 is 30.3. The van der Waals surface area contributed by atoms with E-state index in [4.69, 9.17) is 22.1 Å². The predicted molar refractivity (Wildman–Crippen MR) is 77.1 cm³/mol. The number of anilines is 1. The number of esters is 1. The zero-order valence-corrected chi connectivity index (χ0v) is 13.1. The first-order chi connectivity index (χ1) is 9.20. The molecule has 2 N–H and O–H groups in total. The van der Waals surface area contributed by atoms with Crippen molar-refractivity contribution in [1.29, 1.82) is 0 Å². The topological polar surface area (TPSA) is 89.7 Å². The maximum atomic E-state index is 12.3. The van der Waals surface area contributed by atoms with Crippen LogP contribution in [0, 0.1) is 6.92 Å². The van der Waals surface area contributed by atoms with Gasteiger partial charge in [0, 0.05) is 12.7 Å². The van der Waals surface area contributed by atoms with Crippen LogP contribution in [0.1, 0.15) is 12.5 Å². The van der Waals surface area contributed by atoms with Crippen LogP contribution in [0.2, 0.25) is 5.02 Å². The number of halogens is 1. The number of carbonyl (C=O) groups excluding carboxylic acids is 1. The van der Waals surface area contributed by atoms with E-state index in [-0.39, 0.29) is 23.1 Å². The molecule has 0 aliphatic rings. The molecule has 0 unspecified atom stereocenters. The number of nitrogens with zero attached hydrogens (tertiary/aromatic N) is 1. The Balaban J connectivity index is 3.11. The van der Waals surface area contributed by atoms with E-state index in [9.17, 15) is 13.2 Å². The fourth-order valence-electron chi connectivity index (χ4n) is 1.51. The molecular weight excluding hydrogens is 304 g/mol. The minimum Gasteiger partial charge on any atom is -0.465 e. The number of nitrogen functional groups attached to an aromatic ring is 1. The van der Waals surface area contributed by atoms with Crippen molar-refractivity contribution in [2.24, 2.45) is 0 Å². The van der Waals surface area contributed by atoms with Crippen LogP contribution in [0.5, 0.6) is 0 Å². The Morgan fingerprint density at radius 2 is 2.05 bits per heavy atom. The van der Waals surface area contributed by atoms with Gasteiger partial charge in [0.2, 0.25) is 10.0 Å². The Morgan fingerprint density at radius 1 is 1.45 bits per heavy atom. The van der Waals surface area contributed by atoms with Gasteiger partial charge in [0.15, 0.2) is 0 Å². The van der Waals surface area contributed by atoms with Gasteiger partial charge in [-0.05, 0) is 31.5 Å². The van der Waals surface area contributed by atoms with Crippen LogP contribution < -0.4 is 5.73 Å². The molecule has 0 radical (unpaired) electrons. The van der Waals surface area contributed by atoms with E-state index in [0.717, 1.165) is 4.31 Å². The van der Waals surface area contributed by atoms with E-state index < -0.39 is 16.0 Å². The normalized spacial score (nSPS) is 11.7. The molecular formula is C12H17ClN2O4S. The molecule has 1 rings (SSSR count). The Morgan fingerprint density at radius 3 is 2.60 bits per heavy atom. The maximum absolute atomic E-state index is 12.3. The van der Waals surface area contributed by atoms with Gasteiger partial charge >= 0.3 is 5.97 Å². The summed E-state index contributed by atoms with van der Waals surface area (Å²) in [6.45, 7) is 3.16. The molecule has 0 saturated heterocycles. The maximum Gasteiger partial charge on any atom is 0.321 e. The molecule has 0 amide bonds. The van der Waals surface area contributed by atoms with Crippen molar-refractivity contribution >= 4 is 33.3 Å². The number of hydrogen-bond acceptors (Lipinski definition) is 5. The average molecular weight is 321 g/mol. The minimum absolute atomic E-state index is 0.0624. The second kappa shape index (κ2) is 6.43. The molecule has 0 spiro atoms. The number of ether oxygens (including phenoxy) is 1. The minimum atomic E-state index is -3.90. The van der Waals surface area contributed by atoms with Gasteiger partial charge in [-0.1, -0.05) is 11.6 Å². The smallest absolute Gasteiger partial charge is 0.321 e. The molecule has 1 aromatic rings. The molecule has 20 heavy (non-hydrogen) atoms. The Hall–Kier alpha value is -1.31. The lowest BCUT2D eigenvalue weighted by Gasteiger charge is -2.17. The lowest BCUT2D eigenvalue weighted by atomic mass is 10.2. The quantitative estimate of drug-likeness (QED) is 0.654. The number of likely N-dealkylation sites (N-methyl/N-ethyl adjacent to an activating group) is 1. The number of nitrogens with two attached hydrogens (primary N) is 1. The zero-order valence-electron chi connectivity index (χ0n) is 11.5. The van der Waals surface area contributed by atoms with E-state index in [1.54, 1.807) is 13.8 Å². The van der Waals surface area contributed by atoms with Gasteiger partial charge in [-0.3, -0.25) is 4.79 Å². The molecule has 0 aliphatic carbocycles. The summed E-state index contributed by atoms with van der Waals surface area (Å²) in [6.07, 6.45) is 0. The van der Waals surface area contributed by atoms with Crippen molar-refractivity contribution < 1.29 is 17.9 Å². The first kappa shape index (κ1) is 16.7. The molecule has 0 heterocycles. The van der Waals surface area contributed by atoms with E-state index in [0.29, 0.717) is 11.3 Å². The van der Waals surface area contributed by atoms with Gasteiger partial charge in [-0.2, -0.15) is 4.31 Å². The van der Waals surface area contributed by atoms with Crippen LogP contribution in [0.3, 0.4) is 0 Å². The lowest BCUT2D eigenvalue weighted by molar-refractivity contribution is -0.143. The highest BCUT2D eigenvalue weighted by Crippen LogP contribution is 2.28. The van der Waals surface area contributed by atoms with E-state index >= 15 is 0 Å². The van der Waals surface area contributed by atoms with Gasteiger partial charge in [-0.15, -0.1) is 0 Å². The van der Waals surface area contributed by atoms with Crippen LogP contribution in [0.25, 0.3) is 0 Å². The molecule has 0 bridgehead atoms. The summed E-state index contributed by atoms with van der Waals surface area (Å²) >= 11 is 5.95. The fraction of sp³-hybridized carbons (Fsp3) is 0.417. The monoisotopic (exact) mass is 320 g/mol. The number of carbonyl (C=O) groups is 1. The zero-order chi connectivity index (χ0) is 15.5. The molecule has 8 heteroatoms. The van der Waals surface area contributed by atoms with Crippen molar-refractivity contribution in [1.82, 2.24) is 4.31 Å². The molecule has 0 aromatic heterocycles. The summed E-state index contributed by atoms with van der Waals surface area (Å²) in [5, 5.41) is 0.0624. The molecule has 112 valence electrons. The number of aryl methyl sites for hydroxylation is 1. The lowest BCUT2D eigenvalue weighted by Crippen LogP contribution is -2.33. The highest BCUT2D eigenvalue weighted by atomic mass is 35.5. The number of sulfonamides is 1. The summed E-state index contributed by atoms with van der Waals surface area (Å²) in [5.41, 5.74) is 6.70. The molecule has 0 saturated carbocycles. The highest BCUT2D eigenvalue weighted by Gasteiger charge is 2.26. The summed E-state index contributed by atoms with van der Waals surface area (Å²) in [7, 11) is -2.63. The molecule has 0 fully saturated rings. The average Bonchev–Trinajstić information content (AvgIpc) is 2.33. The van der Waals surface area contributed by atoms with E-state index in [1.165, 1.54) is 19.2 Å². The van der Waals surface area contributed by atoms with Crippen LogP contribution in [-0.2, 0) is 19.6 Å². The SMILES string of the molecule is CCOC(=O)CN(C)S(=O)(=O)c1cc(N)c(C)cc1Cl. The Labute approximate surface area is 123 Å². The van der Waals surface area contributed by atoms with Gasteiger partial charge in [0.1, 0.15) is 11.4 Å². The molecule has 1 aromatic carbocycles. The van der Waals surface area contributed by atoms with Crippen LogP contribution in [0.15, 0.2) is 17.0 Å². The van der Waals surface area contributed by atoms with E-state index in [2.05, 4.69) is 0 Å². The number of hydrogen-bond donors (Lipinski definition) is 1. The van der Waals surface area contributed by atoms with Crippen molar-refractivity contribution in [2.75, 3.05) is 25.9 Å². The summed E-state index contributed by atoms with van der Waals surface area (Å²) in [4.78, 5) is 11.2.